The molecule has 12 heavy (non-hydrogen) atoms. The summed E-state index contributed by atoms with van der Waals surface area (Å²) in [5.41, 5.74) is 2.12. The minimum atomic E-state index is 0.0707. The molecule has 1 aliphatic carbocycles. The van der Waals surface area contributed by atoms with Crippen molar-refractivity contribution < 1.29 is 9.53 Å². The average molecular weight is 164 g/mol. The second-order valence-corrected chi connectivity index (χ2v) is 3.40. The van der Waals surface area contributed by atoms with E-state index < -0.39 is 0 Å². The Bertz CT molecular complexity index is 276. The maximum absolute atomic E-state index is 11.3. The van der Waals surface area contributed by atoms with E-state index in [9.17, 15) is 4.79 Å². The zero-order valence-corrected chi connectivity index (χ0v) is 7.17. The van der Waals surface area contributed by atoms with Crippen molar-refractivity contribution in [2.45, 2.75) is 19.4 Å². The highest BCUT2D eigenvalue weighted by Gasteiger charge is 2.39. The van der Waals surface area contributed by atoms with Crippen LogP contribution in [-0.4, -0.2) is 18.5 Å². The lowest BCUT2D eigenvalue weighted by Gasteiger charge is -2.08. The van der Waals surface area contributed by atoms with Crippen molar-refractivity contribution in [3.05, 3.63) is 23.8 Å². The predicted octanol–water partition coefficient (Wildman–Crippen LogP) is 1.48. The van der Waals surface area contributed by atoms with Gasteiger partial charge in [0, 0.05) is 12.3 Å². The second-order valence-electron chi connectivity index (χ2n) is 3.40. The van der Waals surface area contributed by atoms with Gasteiger partial charge in [0.1, 0.15) is 0 Å². The molecular weight excluding hydrogens is 152 g/mol. The predicted molar refractivity (Wildman–Crippen MR) is 45.8 cm³/mol. The van der Waals surface area contributed by atoms with E-state index in [1.165, 1.54) is 5.57 Å². The molecule has 2 rings (SSSR count). The molecule has 1 saturated heterocycles. The van der Waals surface area contributed by atoms with Crippen molar-refractivity contribution in [1.82, 2.24) is 0 Å². The molecule has 1 heterocycles. The number of ketones is 1. The van der Waals surface area contributed by atoms with Crippen LogP contribution in [0, 0.1) is 5.92 Å². The molecule has 0 aromatic heterocycles. The highest BCUT2D eigenvalue weighted by Crippen LogP contribution is 2.38. The molecule has 1 fully saturated rings. The number of fused-ring (bicyclic) bond motifs is 1. The van der Waals surface area contributed by atoms with Crippen LogP contribution in [0.4, 0.5) is 0 Å². The van der Waals surface area contributed by atoms with Gasteiger partial charge in [-0.25, -0.2) is 0 Å². The Labute approximate surface area is 71.9 Å². The quantitative estimate of drug-likeness (QED) is 0.549. The number of allylic oxidation sites excluding steroid dienone is 1. The second kappa shape index (κ2) is 2.56. The molecule has 64 valence electrons. The van der Waals surface area contributed by atoms with Crippen LogP contribution in [0.1, 0.15) is 13.3 Å². The third kappa shape index (κ3) is 0.879. The first-order chi connectivity index (χ1) is 5.74. The summed E-state index contributed by atoms with van der Waals surface area (Å²) in [6, 6.07) is 0. The first kappa shape index (κ1) is 7.74. The summed E-state index contributed by atoms with van der Waals surface area (Å²) >= 11 is 0. The van der Waals surface area contributed by atoms with Crippen LogP contribution in [0.5, 0.6) is 0 Å². The van der Waals surface area contributed by atoms with Gasteiger partial charge in [-0.15, -0.1) is 6.58 Å². The van der Waals surface area contributed by atoms with Gasteiger partial charge in [0.15, 0.2) is 5.78 Å². The van der Waals surface area contributed by atoms with Gasteiger partial charge in [-0.1, -0.05) is 6.08 Å². The van der Waals surface area contributed by atoms with Crippen molar-refractivity contribution in [3.8, 4) is 0 Å². The molecule has 1 aliphatic heterocycles. The normalized spacial score (nSPS) is 34.2. The van der Waals surface area contributed by atoms with E-state index in [4.69, 9.17) is 4.74 Å². The lowest BCUT2D eigenvalue weighted by atomic mass is 9.98. The van der Waals surface area contributed by atoms with Crippen LogP contribution in [0.15, 0.2) is 23.8 Å². The Hall–Kier alpha value is -0.890. The van der Waals surface area contributed by atoms with Gasteiger partial charge in [-0.3, -0.25) is 4.79 Å². The average Bonchev–Trinajstić information content (AvgIpc) is 2.55. The van der Waals surface area contributed by atoms with E-state index in [1.54, 1.807) is 6.08 Å². The first-order valence-electron chi connectivity index (χ1n) is 4.21. The van der Waals surface area contributed by atoms with Crippen molar-refractivity contribution in [1.29, 1.82) is 0 Å². The van der Waals surface area contributed by atoms with E-state index >= 15 is 0 Å². The molecule has 0 aromatic carbocycles. The van der Waals surface area contributed by atoms with Gasteiger partial charge in [-0.05, 0) is 18.1 Å². The summed E-state index contributed by atoms with van der Waals surface area (Å²) in [6.07, 6.45) is 2.49. The fourth-order valence-corrected chi connectivity index (χ4v) is 2.00. The number of carbonyl (C=O) groups excluding carboxylic acids is 1. The molecule has 0 spiro atoms. The molecule has 2 aliphatic rings. The lowest BCUT2D eigenvalue weighted by molar-refractivity contribution is -0.115. The Kier molecular flexibility index (Phi) is 1.65. The molecule has 0 saturated carbocycles. The molecule has 2 heteroatoms. The number of Topliss-reactive ketones (excluding diaryl/α,β-unsaturated/α-hetero) is 1. The van der Waals surface area contributed by atoms with Gasteiger partial charge < -0.3 is 4.74 Å². The van der Waals surface area contributed by atoms with Crippen LogP contribution in [0.2, 0.25) is 0 Å². The Balaban J connectivity index is 2.33. The van der Waals surface area contributed by atoms with E-state index in [0.29, 0.717) is 18.9 Å². The fraction of sp³-hybridized carbons (Fsp3) is 0.500. The maximum atomic E-state index is 11.3. The van der Waals surface area contributed by atoms with Crippen molar-refractivity contribution in [3.63, 3.8) is 0 Å². The Morgan fingerprint density at radius 2 is 2.42 bits per heavy atom. The number of ether oxygens (including phenoxy) is 1. The van der Waals surface area contributed by atoms with E-state index in [2.05, 4.69) is 6.58 Å². The summed E-state index contributed by atoms with van der Waals surface area (Å²) in [5.74, 6) is 0.583. The maximum Gasteiger partial charge on any atom is 0.159 e. The van der Waals surface area contributed by atoms with Gasteiger partial charge >= 0.3 is 0 Å². The molecule has 2 atom stereocenters. The number of hydrogen-bond acceptors (Lipinski definition) is 2. The standard InChI is InChI=1S/C10H12O2/c1-3-10-7-4-9(11)6(2)8(7)5-12-10/h3,7,10H,1,4-5H2,2H3/t7-,10+/m0/s1. The van der Waals surface area contributed by atoms with Crippen LogP contribution < -0.4 is 0 Å². The minimum absolute atomic E-state index is 0.0707. The molecule has 0 bridgehead atoms. The van der Waals surface area contributed by atoms with Crippen molar-refractivity contribution in [2.24, 2.45) is 5.92 Å². The summed E-state index contributed by atoms with van der Waals surface area (Å²) in [6.45, 7) is 6.21. The van der Waals surface area contributed by atoms with Crippen LogP contribution in [0.3, 0.4) is 0 Å². The molecule has 0 unspecified atom stereocenters. The highest BCUT2D eigenvalue weighted by molar-refractivity contribution is 5.99. The smallest absolute Gasteiger partial charge is 0.159 e. The van der Waals surface area contributed by atoms with E-state index in [1.807, 2.05) is 6.92 Å². The monoisotopic (exact) mass is 164 g/mol. The van der Waals surface area contributed by atoms with Gasteiger partial charge in [0.05, 0.1) is 12.7 Å². The SMILES string of the molecule is C=C[C@H]1OCC2=C(C)C(=O)C[C@@H]21. The fourth-order valence-electron chi connectivity index (χ4n) is 2.00. The molecule has 2 nitrogen and oxygen atoms in total. The summed E-state index contributed by atoms with van der Waals surface area (Å²) in [5, 5.41) is 0. The zero-order chi connectivity index (χ0) is 8.72. The highest BCUT2D eigenvalue weighted by atomic mass is 16.5. The summed E-state index contributed by atoms with van der Waals surface area (Å²) in [7, 11) is 0. The number of rotatable bonds is 1. The third-order valence-corrected chi connectivity index (χ3v) is 2.81. The first-order valence-corrected chi connectivity index (χ1v) is 4.21. The Morgan fingerprint density at radius 1 is 1.67 bits per heavy atom. The Morgan fingerprint density at radius 3 is 3.08 bits per heavy atom. The summed E-state index contributed by atoms with van der Waals surface area (Å²) < 4.78 is 5.46. The van der Waals surface area contributed by atoms with Crippen molar-refractivity contribution >= 4 is 5.78 Å². The number of hydrogen-bond donors (Lipinski definition) is 0. The molecule has 0 aromatic rings. The molecule has 0 radical (unpaired) electrons. The van der Waals surface area contributed by atoms with Crippen molar-refractivity contribution in [2.75, 3.05) is 6.61 Å². The van der Waals surface area contributed by atoms with Gasteiger partial charge in [-0.2, -0.15) is 0 Å². The van der Waals surface area contributed by atoms with Crippen LogP contribution in [0.25, 0.3) is 0 Å². The largest absolute Gasteiger partial charge is 0.369 e. The molecule has 0 amide bonds. The van der Waals surface area contributed by atoms with Gasteiger partial charge in [0.25, 0.3) is 0 Å². The zero-order valence-electron chi connectivity index (χ0n) is 7.17. The van der Waals surface area contributed by atoms with Gasteiger partial charge in [0.2, 0.25) is 0 Å². The topological polar surface area (TPSA) is 26.3 Å². The minimum Gasteiger partial charge on any atom is -0.369 e. The van der Waals surface area contributed by atoms with E-state index in [-0.39, 0.29) is 11.9 Å². The molecule has 0 N–H and O–H groups in total. The molecular formula is C10H12O2. The van der Waals surface area contributed by atoms with E-state index in [0.717, 1.165) is 5.57 Å². The lowest BCUT2D eigenvalue weighted by Crippen LogP contribution is -2.12. The van der Waals surface area contributed by atoms with Crippen LogP contribution in [-0.2, 0) is 9.53 Å². The summed E-state index contributed by atoms with van der Waals surface area (Å²) in [4.78, 5) is 11.3. The van der Waals surface area contributed by atoms with Crippen LogP contribution >= 0.6 is 0 Å². The number of carbonyl (C=O) groups is 1. The third-order valence-electron chi connectivity index (χ3n) is 2.81.